The molecule has 0 radical (unpaired) electrons. The van der Waals surface area contributed by atoms with Gasteiger partial charge in [0.15, 0.2) is 6.04 Å². The molecular weight excluding hydrogens is 802 g/mol. The molecule has 0 bridgehead atoms. The monoisotopic (exact) mass is 885 g/mol. The Bertz CT molecular complexity index is 1090. The quantitative estimate of drug-likeness (QED) is 0.0256. The minimum absolute atomic E-state index is 0.0113. The first-order valence-corrected chi connectivity index (χ1v) is 24.1. The Morgan fingerprint density at radius 1 is 0.617 bits per heavy atom. The van der Waals surface area contributed by atoms with Crippen LogP contribution in [0.25, 0.3) is 0 Å². The molecule has 0 unspecified atom stereocenters. The number of esters is 1. The normalized spacial score (nSPS) is 12.7. The van der Waals surface area contributed by atoms with Gasteiger partial charge in [0.1, 0.15) is 0 Å². The van der Waals surface area contributed by atoms with Gasteiger partial charge >= 0.3 is 18.1 Å². The van der Waals surface area contributed by atoms with Crippen LogP contribution in [0.5, 0.6) is 0 Å². The highest BCUT2D eigenvalue weighted by molar-refractivity contribution is 7.99. The van der Waals surface area contributed by atoms with Crippen molar-refractivity contribution in [2.75, 3.05) is 31.8 Å². The van der Waals surface area contributed by atoms with Gasteiger partial charge in [-0.05, 0) is 12.8 Å². The number of carbonyl (C=O) groups is 5. The van der Waals surface area contributed by atoms with E-state index in [4.69, 9.17) is 15.6 Å². The van der Waals surface area contributed by atoms with Crippen LogP contribution in [0.2, 0.25) is 0 Å². The number of hydrogen-bond donors (Lipinski definition) is 6. The van der Waals surface area contributed by atoms with E-state index in [1.165, 1.54) is 147 Å². The van der Waals surface area contributed by atoms with Crippen molar-refractivity contribution < 1.29 is 52.1 Å². The standard InChI is InChI=1S/C42H82N4O6S.C2HF3O2/c1-4-6-8-10-12-14-16-18-20-22-24-26-28-30-39(48)44-32-36(34-53-35-37(43)41(50)46-38(33-47)42(51)52-3)45-40(49)31-29-27-25-23-21-19-17-15-13-11-9-7-5-2;3-2(4,5)1(6)7/h36-38,47H,4-35,43H2,1-3H3,(H,44,48)(H,45,49)(H,46,50);(H,6,7)/t36-,37+,38+;/m1./s1. The lowest BCUT2D eigenvalue weighted by Gasteiger charge is -2.21. The zero-order valence-corrected chi connectivity index (χ0v) is 38.1. The van der Waals surface area contributed by atoms with Crippen LogP contribution in [-0.4, -0.2) is 95.9 Å². The molecule has 0 aromatic heterocycles. The summed E-state index contributed by atoms with van der Waals surface area (Å²) in [5.41, 5.74) is 6.05. The summed E-state index contributed by atoms with van der Waals surface area (Å²) in [7, 11) is 1.18. The summed E-state index contributed by atoms with van der Waals surface area (Å²) >= 11 is 1.40. The second-order valence-electron chi connectivity index (χ2n) is 15.8. The number of halogens is 3. The number of aliphatic hydroxyl groups is 1. The molecule has 60 heavy (non-hydrogen) atoms. The van der Waals surface area contributed by atoms with Crippen LogP contribution in [0.4, 0.5) is 13.2 Å². The first-order valence-electron chi connectivity index (χ1n) is 22.9. The predicted molar refractivity (Wildman–Crippen MR) is 236 cm³/mol. The van der Waals surface area contributed by atoms with Gasteiger partial charge in [-0.1, -0.05) is 168 Å². The molecule has 3 amide bonds. The van der Waals surface area contributed by atoms with Crippen LogP contribution in [0.3, 0.4) is 0 Å². The molecule has 354 valence electrons. The van der Waals surface area contributed by atoms with Gasteiger partial charge < -0.3 is 36.6 Å². The van der Waals surface area contributed by atoms with Crippen molar-refractivity contribution >= 4 is 41.4 Å². The van der Waals surface area contributed by atoms with E-state index in [0.717, 1.165) is 38.5 Å². The topological polar surface area (TPSA) is 197 Å². The summed E-state index contributed by atoms with van der Waals surface area (Å²) < 4.78 is 36.3. The van der Waals surface area contributed by atoms with Crippen LogP contribution >= 0.6 is 11.8 Å². The molecule has 3 atom stereocenters. The lowest BCUT2D eigenvalue weighted by atomic mass is 10.0. The Hall–Kier alpha value is -2.59. The first-order chi connectivity index (χ1) is 28.7. The highest BCUT2D eigenvalue weighted by Crippen LogP contribution is 2.15. The summed E-state index contributed by atoms with van der Waals surface area (Å²) in [6.45, 7) is 4.23. The molecule has 0 heterocycles. The van der Waals surface area contributed by atoms with Gasteiger partial charge in [-0.15, -0.1) is 0 Å². The number of amides is 3. The summed E-state index contributed by atoms with van der Waals surface area (Å²) in [5.74, 6) is -3.42. The number of nitrogens with one attached hydrogen (secondary N) is 3. The van der Waals surface area contributed by atoms with Gasteiger partial charge in [0.2, 0.25) is 17.7 Å². The number of aliphatic carboxylic acids is 1. The fourth-order valence-electron chi connectivity index (χ4n) is 6.40. The third kappa shape index (κ3) is 39.5. The Balaban J connectivity index is 0. The van der Waals surface area contributed by atoms with E-state index < -0.39 is 42.7 Å². The summed E-state index contributed by atoms with van der Waals surface area (Å²) in [5, 5.41) is 25.0. The number of ether oxygens (including phenoxy) is 1. The lowest BCUT2D eigenvalue weighted by molar-refractivity contribution is -0.192. The molecule has 0 aliphatic heterocycles. The van der Waals surface area contributed by atoms with Crippen LogP contribution in [0.15, 0.2) is 0 Å². The number of rotatable bonds is 39. The first kappa shape index (κ1) is 59.5. The van der Waals surface area contributed by atoms with E-state index in [9.17, 15) is 37.5 Å². The number of thioether (sulfide) groups is 1. The van der Waals surface area contributed by atoms with Crippen molar-refractivity contribution in [3.05, 3.63) is 0 Å². The third-order valence-corrected chi connectivity index (χ3v) is 11.3. The number of unbranched alkanes of at least 4 members (excludes halogenated alkanes) is 24. The number of carbonyl (C=O) groups excluding carboxylic acids is 4. The van der Waals surface area contributed by atoms with Gasteiger partial charge in [-0.3, -0.25) is 14.4 Å². The second kappa shape index (κ2) is 41.7. The molecule has 0 rings (SSSR count). The molecule has 0 aromatic carbocycles. The predicted octanol–water partition coefficient (Wildman–Crippen LogP) is 8.89. The number of carboxylic acid groups (broad SMARTS) is 1. The highest BCUT2D eigenvalue weighted by Gasteiger charge is 2.38. The fraction of sp³-hybridized carbons (Fsp3) is 0.886. The van der Waals surface area contributed by atoms with Crippen LogP contribution in [0.1, 0.15) is 194 Å². The van der Waals surface area contributed by atoms with Gasteiger partial charge in [0, 0.05) is 30.9 Å². The van der Waals surface area contributed by atoms with E-state index in [0.29, 0.717) is 25.1 Å². The van der Waals surface area contributed by atoms with Crippen molar-refractivity contribution in [2.45, 2.75) is 218 Å². The Morgan fingerprint density at radius 2 is 0.983 bits per heavy atom. The molecule has 7 N–H and O–H groups in total. The molecule has 0 saturated carbocycles. The Labute approximate surface area is 364 Å². The van der Waals surface area contributed by atoms with Crippen molar-refractivity contribution in [1.29, 1.82) is 0 Å². The SMILES string of the molecule is CCCCCCCCCCCCCCCC(=O)NC[C@H](CSC[C@H](N)C(=O)N[C@@H](CO)C(=O)OC)NC(=O)CCCCCCCCCCCCCCC.O=C(O)C(F)(F)F. The average molecular weight is 885 g/mol. The maximum atomic E-state index is 12.9. The second-order valence-corrected chi connectivity index (χ2v) is 16.8. The molecule has 0 spiro atoms. The molecule has 0 fully saturated rings. The number of aliphatic hydroxyl groups excluding tert-OH is 1. The van der Waals surface area contributed by atoms with Crippen LogP contribution in [-0.2, 0) is 28.7 Å². The largest absolute Gasteiger partial charge is 0.490 e. The van der Waals surface area contributed by atoms with Crippen molar-refractivity contribution in [3.63, 3.8) is 0 Å². The van der Waals surface area contributed by atoms with E-state index >= 15 is 0 Å². The fourth-order valence-corrected chi connectivity index (χ4v) is 7.42. The average Bonchev–Trinajstić information content (AvgIpc) is 3.21. The Kier molecular flexibility index (Phi) is 41.4. The number of alkyl halides is 3. The molecule has 0 aromatic rings. The minimum atomic E-state index is -5.08. The van der Waals surface area contributed by atoms with Crippen molar-refractivity contribution in [3.8, 4) is 0 Å². The number of carboxylic acids is 1. The summed E-state index contributed by atoms with van der Waals surface area (Å²) in [6, 6.07) is -2.41. The van der Waals surface area contributed by atoms with Crippen molar-refractivity contribution in [1.82, 2.24) is 16.0 Å². The molecule has 0 aliphatic carbocycles. The number of hydrogen-bond acceptors (Lipinski definition) is 9. The smallest absolute Gasteiger partial charge is 0.475 e. The summed E-state index contributed by atoms with van der Waals surface area (Å²) in [4.78, 5) is 58.6. The van der Waals surface area contributed by atoms with E-state index in [1.54, 1.807) is 0 Å². The molecule has 0 saturated heterocycles. The summed E-state index contributed by atoms with van der Waals surface area (Å²) in [6.07, 6.45) is 28.4. The van der Waals surface area contributed by atoms with Crippen LogP contribution < -0.4 is 21.7 Å². The minimum Gasteiger partial charge on any atom is -0.475 e. The van der Waals surface area contributed by atoms with Crippen molar-refractivity contribution in [2.24, 2.45) is 5.73 Å². The maximum absolute atomic E-state index is 12.9. The highest BCUT2D eigenvalue weighted by atomic mass is 32.2. The zero-order valence-electron chi connectivity index (χ0n) is 37.3. The van der Waals surface area contributed by atoms with E-state index in [-0.39, 0.29) is 23.6 Å². The third-order valence-electron chi connectivity index (χ3n) is 10.1. The lowest BCUT2D eigenvalue weighted by Crippen LogP contribution is -2.51. The number of nitrogens with two attached hydrogens (primary N) is 1. The Morgan fingerprint density at radius 3 is 1.33 bits per heavy atom. The van der Waals surface area contributed by atoms with Gasteiger partial charge in [-0.25, -0.2) is 9.59 Å². The van der Waals surface area contributed by atoms with E-state index in [1.807, 2.05) is 0 Å². The number of methoxy groups -OCH3 is 1. The molecular formula is C44H83F3N4O8S. The molecule has 12 nitrogen and oxygen atoms in total. The van der Waals surface area contributed by atoms with Crippen LogP contribution in [0, 0.1) is 0 Å². The van der Waals surface area contributed by atoms with E-state index in [2.05, 4.69) is 34.5 Å². The van der Waals surface area contributed by atoms with Gasteiger partial charge in [0.05, 0.1) is 25.8 Å². The van der Waals surface area contributed by atoms with Gasteiger partial charge in [0.25, 0.3) is 0 Å². The van der Waals surface area contributed by atoms with Gasteiger partial charge in [-0.2, -0.15) is 24.9 Å². The molecule has 0 aliphatic rings. The zero-order chi connectivity index (χ0) is 45.3. The maximum Gasteiger partial charge on any atom is 0.490 e. The molecule has 16 heteroatoms.